The van der Waals surface area contributed by atoms with Crippen molar-refractivity contribution in [2.45, 2.75) is 11.0 Å². The van der Waals surface area contributed by atoms with E-state index in [-0.39, 0.29) is 23.8 Å². The molecule has 0 aliphatic heterocycles. The molecule has 7 nitrogen and oxygen atoms in total. The van der Waals surface area contributed by atoms with Gasteiger partial charge in [0.25, 0.3) is 0 Å². The molecule has 0 saturated carbocycles. The molecule has 0 bridgehead atoms. The summed E-state index contributed by atoms with van der Waals surface area (Å²) in [6.07, 6.45) is -0.924. The van der Waals surface area contributed by atoms with Gasteiger partial charge >= 0.3 is 0 Å². The van der Waals surface area contributed by atoms with E-state index in [9.17, 15) is 13.5 Å². The number of hydrogen-bond donors (Lipinski definition) is 3. The number of ether oxygens (including phenoxy) is 2. The molecular formula is C11H18N2O5S. The predicted octanol–water partition coefficient (Wildman–Crippen LogP) is -0.437. The van der Waals surface area contributed by atoms with E-state index in [1.54, 1.807) is 0 Å². The summed E-state index contributed by atoms with van der Waals surface area (Å²) in [5.41, 5.74) is 5.87. The minimum absolute atomic E-state index is 0.0383. The van der Waals surface area contributed by atoms with Crippen molar-refractivity contribution in [3.05, 3.63) is 18.2 Å². The summed E-state index contributed by atoms with van der Waals surface area (Å²) in [7, 11) is -1.03. The molecule has 0 aliphatic rings. The number of hydrogen-bond acceptors (Lipinski definition) is 6. The van der Waals surface area contributed by atoms with Gasteiger partial charge in [0, 0.05) is 19.3 Å². The Hall–Kier alpha value is -1.35. The molecule has 0 fully saturated rings. The lowest BCUT2D eigenvalue weighted by atomic mass is 10.3. The summed E-state index contributed by atoms with van der Waals surface area (Å²) in [4.78, 5) is -0.0698. The number of nitrogens with one attached hydrogen (secondary N) is 1. The van der Waals surface area contributed by atoms with Gasteiger partial charge in [-0.15, -0.1) is 0 Å². The van der Waals surface area contributed by atoms with Gasteiger partial charge in [0.2, 0.25) is 10.0 Å². The number of methoxy groups -OCH3 is 2. The lowest BCUT2D eigenvalue weighted by Crippen LogP contribution is -2.34. The number of anilines is 1. The van der Waals surface area contributed by atoms with Crippen molar-refractivity contribution in [2.75, 3.05) is 33.1 Å². The van der Waals surface area contributed by atoms with E-state index >= 15 is 0 Å². The van der Waals surface area contributed by atoms with Crippen LogP contribution in [0.5, 0.6) is 5.75 Å². The normalized spacial score (nSPS) is 13.2. The molecule has 0 spiro atoms. The monoisotopic (exact) mass is 290 g/mol. The molecular weight excluding hydrogens is 272 g/mol. The lowest BCUT2D eigenvalue weighted by molar-refractivity contribution is 0.0679. The summed E-state index contributed by atoms with van der Waals surface area (Å²) in [6, 6.07) is 4.30. The molecule has 1 aromatic carbocycles. The van der Waals surface area contributed by atoms with Gasteiger partial charge in [0.1, 0.15) is 10.6 Å². The second-order valence-electron chi connectivity index (χ2n) is 3.87. The number of aliphatic hydroxyl groups excluding tert-OH is 1. The van der Waals surface area contributed by atoms with E-state index in [0.29, 0.717) is 5.69 Å². The molecule has 1 rings (SSSR count). The Kier molecular flexibility index (Phi) is 5.55. The van der Waals surface area contributed by atoms with Crippen LogP contribution in [0.25, 0.3) is 0 Å². The SMILES string of the molecule is COCC(O)CNS(=O)(=O)c1cc(N)ccc1OC. The van der Waals surface area contributed by atoms with Crippen LogP contribution in [-0.2, 0) is 14.8 Å². The van der Waals surface area contributed by atoms with Gasteiger partial charge in [-0.2, -0.15) is 0 Å². The van der Waals surface area contributed by atoms with Gasteiger partial charge in [-0.1, -0.05) is 0 Å². The van der Waals surface area contributed by atoms with Gasteiger partial charge in [0.05, 0.1) is 19.8 Å². The fraction of sp³-hybridized carbons (Fsp3) is 0.455. The number of nitrogens with two attached hydrogens (primary N) is 1. The summed E-state index contributed by atoms with van der Waals surface area (Å²) in [5, 5.41) is 9.43. The van der Waals surface area contributed by atoms with Crippen molar-refractivity contribution in [1.82, 2.24) is 4.72 Å². The minimum atomic E-state index is -3.81. The number of benzene rings is 1. The van der Waals surface area contributed by atoms with Gasteiger partial charge < -0.3 is 20.3 Å². The highest BCUT2D eigenvalue weighted by atomic mass is 32.2. The molecule has 0 amide bonds. The minimum Gasteiger partial charge on any atom is -0.495 e. The van der Waals surface area contributed by atoms with Crippen LogP contribution in [0.4, 0.5) is 5.69 Å². The topological polar surface area (TPSA) is 111 Å². The summed E-state index contributed by atoms with van der Waals surface area (Å²) in [5.74, 6) is 0.183. The van der Waals surface area contributed by atoms with Crippen LogP contribution in [0.1, 0.15) is 0 Å². The Bertz CT molecular complexity index is 518. The Morgan fingerprint density at radius 2 is 2.11 bits per heavy atom. The largest absolute Gasteiger partial charge is 0.495 e. The van der Waals surface area contributed by atoms with Crippen LogP contribution in [0.2, 0.25) is 0 Å². The van der Waals surface area contributed by atoms with Crippen molar-refractivity contribution < 1.29 is 23.0 Å². The van der Waals surface area contributed by atoms with E-state index in [2.05, 4.69) is 4.72 Å². The highest BCUT2D eigenvalue weighted by molar-refractivity contribution is 7.89. The van der Waals surface area contributed by atoms with E-state index in [0.717, 1.165) is 0 Å². The van der Waals surface area contributed by atoms with Crippen LogP contribution >= 0.6 is 0 Å². The van der Waals surface area contributed by atoms with E-state index in [1.807, 2.05) is 0 Å². The maximum absolute atomic E-state index is 12.1. The predicted molar refractivity (Wildman–Crippen MR) is 70.5 cm³/mol. The molecule has 0 aromatic heterocycles. The average molecular weight is 290 g/mol. The third-order valence-corrected chi connectivity index (χ3v) is 3.79. The second kappa shape index (κ2) is 6.71. The highest BCUT2D eigenvalue weighted by Gasteiger charge is 2.20. The first-order valence-corrected chi connectivity index (χ1v) is 6.99. The molecule has 1 atom stereocenters. The molecule has 1 unspecified atom stereocenters. The van der Waals surface area contributed by atoms with Crippen molar-refractivity contribution in [3.8, 4) is 5.75 Å². The van der Waals surface area contributed by atoms with Crippen molar-refractivity contribution >= 4 is 15.7 Å². The standard InChI is InChI=1S/C11H18N2O5S/c1-17-7-9(14)6-13-19(15,16)11-5-8(12)3-4-10(11)18-2/h3-5,9,13-14H,6-7,12H2,1-2H3. The van der Waals surface area contributed by atoms with E-state index in [4.69, 9.17) is 15.2 Å². The zero-order chi connectivity index (χ0) is 14.5. The van der Waals surface area contributed by atoms with E-state index < -0.39 is 16.1 Å². The van der Waals surface area contributed by atoms with Crippen LogP contribution < -0.4 is 15.2 Å². The quantitative estimate of drug-likeness (QED) is 0.587. The molecule has 19 heavy (non-hydrogen) atoms. The fourth-order valence-electron chi connectivity index (χ4n) is 1.44. The van der Waals surface area contributed by atoms with Gasteiger partial charge in [-0.05, 0) is 18.2 Å². The molecule has 8 heteroatoms. The third kappa shape index (κ3) is 4.35. The fourth-order valence-corrected chi connectivity index (χ4v) is 2.71. The smallest absolute Gasteiger partial charge is 0.244 e. The summed E-state index contributed by atoms with van der Waals surface area (Å²) >= 11 is 0. The van der Waals surface area contributed by atoms with E-state index in [1.165, 1.54) is 32.4 Å². The maximum atomic E-state index is 12.1. The molecule has 0 saturated heterocycles. The summed E-state index contributed by atoms with van der Waals surface area (Å²) < 4.78 is 36.1. The second-order valence-corrected chi connectivity index (χ2v) is 5.61. The van der Waals surface area contributed by atoms with Gasteiger partial charge in [-0.25, -0.2) is 13.1 Å². The average Bonchev–Trinajstić information content (AvgIpc) is 2.37. The molecule has 0 radical (unpaired) electrons. The molecule has 108 valence electrons. The Balaban J connectivity index is 2.91. The number of sulfonamides is 1. The lowest BCUT2D eigenvalue weighted by Gasteiger charge is -2.13. The Morgan fingerprint density at radius 1 is 1.42 bits per heavy atom. The van der Waals surface area contributed by atoms with Crippen LogP contribution in [0.15, 0.2) is 23.1 Å². The van der Waals surface area contributed by atoms with Crippen LogP contribution in [0, 0.1) is 0 Å². The van der Waals surface area contributed by atoms with Crippen molar-refractivity contribution in [1.29, 1.82) is 0 Å². The molecule has 0 heterocycles. The Morgan fingerprint density at radius 3 is 2.68 bits per heavy atom. The van der Waals surface area contributed by atoms with Crippen molar-refractivity contribution in [3.63, 3.8) is 0 Å². The third-order valence-electron chi connectivity index (χ3n) is 2.35. The maximum Gasteiger partial charge on any atom is 0.244 e. The van der Waals surface area contributed by atoms with Crippen LogP contribution in [-0.4, -0.2) is 47.0 Å². The zero-order valence-electron chi connectivity index (χ0n) is 10.8. The first-order valence-electron chi connectivity index (χ1n) is 5.51. The van der Waals surface area contributed by atoms with Crippen LogP contribution in [0.3, 0.4) is 0 Å². The number of rotatable bonds is 7. The van der Waals surface area contributed by atoms with Gasteiger partial charge in [0.15, 0.2) is 0 Å². The first kappa shape index (κ1) is 15.7. The highest BCUT2D eigenvalue weighted by Crippen LogP contribution is 2.25. The molecule has 4 N–H and O–H groups in total. The number of nitrogen functional groups attached to an aromatic ring is 1. The molecule has 0 aliphatic carbocycles. The number of aliphatic hydroxyl groups is 1. The van der Waals surface area contributed by atoms with Gasteiger partial charge in [-0.3, -0.25) is 0 Å². The van der Waals surface area contributed by atoms with Crippen molar-refractivity contribution in [2.24, 2.45) is 0 Å². The zero-order valence-corrected chi connectivity index (χ0v) is 11.6. The molecule has 1 aromatic rings. The first-order chi connectivity index (χ1) is 8.90. The summed E-state index contributed by atoms with van der Waals surface area (Å²) in [6.45, 7) is -0.120. The Labute approximate surface area is 112 Å².